The maximum Gasteiger partial charge on any atom is 0.206 e. The second-order valence-corrected chi connectivity index (χ2v) is 19.6. The van der Waals surface area contributed by atoms with E-state index in [9.17, 15) is 8.42 Å². The van der Waals surface area contributed by atoms with Crippen molar-refractivity contribution in [2.75, 3.05) is 0 Å². The Morgan fingerprint density at radius 3 is 1.16 bits per heavy atom. The minimum absolute atomic E-state index is 0.251. The predicted octanol–water partition coefficient (Wildman–Crippen LogP) is 14.7. The Bertz CT molecular complexity index is 4310. The van der Waals surface area contributed by atoms with E-state index >= 15 is 0 Å². The van der Waals surface area contributed by atoms with Gasteiger partial charge in [0.1, 0.15) is 0 Å². The van der Waals surface area contributed by atoms with Crippen LogP contribution in [0.2, 0.25) is 0 Å². The molecule has 0 radical (unpaired) electrons. The van der Waals surface area contributed by atoms with Gasteiger partial charge in [-0.2, -0.15) is 0 Å². The molecule has 6 nitrogen and oxygen atoms in total. The minimum atomic E-state index is -3.85. The highest BCUT2D eigenvalue weighted by Crippen LogP contribution is 2.42. The zero-order valence-electron chi connectivity index (χ0n) is 36.2. The van der Waals surface area contributed by atoms with Crippen LogP contribution in [-0.4, -0.2) is 26.7 Å². The monoisotopic (exact) mass is 880 g/mol. The maximum absolute atomic E-state index is 14.5. The summed E-state index contributed by atoms with van der Waals surface area (Å²) >= 11 is 0. The van der Waals surface area contributed by atoms with E-state index in [-0.39, 0.29) is 9.79 Å². The fraction of sp³-hybridized carbons (Fsp3) is 0.0333. The molecule has 0 spiro atoms. The van der Waals surface area contributed by atoms with E-state index in [1.54, 1.807) is 24.3 Å². The molecule has 318 valence electrons. The molecule has 14 rings (SSSR count). The molecule has 0 unspecified atom stereocenters. The number of hydrogen-bond acceptors (Lipinski definition) is 2. The van der Waals surface area contributed by atoms with Crippen LogP contribution in [0.4, 0.5) is 0 Å². The molecular formula is C60H40N4O2S. The van der Waals surface area contributed by atoms with Crippen molar-refractivity contribution in [3.8, 4) is 22.7 Å². The molecule has 0 bridgehead atoms. The number of fused-ring (bicyclic) bond motifs is 12. The molecule has 0 amide bonds. The summed E-state index contributed by atoms with van der Waals surface area (Å²) in [6, 6.07) is 70.8. The van der Waals surface area contributed by atoms with Crippen LogP contribution < -0.4 is 0 Å². The molecule has 0 N–H and O–H groups in total. The first-order valence-corrected chi connectivity index (χ1v) is 24.3. The van der Waals surface area contributed by atoms with Crippen molar-refractivity contribution in [1.29, 1.82) is 0 Å². The third kappa shape index (κ3) is 5.52. The number of rotatable bonds is 6. The van der Waals surface area contributed by atoms with Gasteiger partial charge in [-0.25, -0.2) is 8.42 Å². The smallest absolute Gasteiger partial charge is 0.206 e. The quantitative estimate of drug-likeness (QED) is 0.167. The molecule has 7 heteroatoms. The highest BCUT2D eigenvalue weighted by molar-refractivity contribution is 7.91. The third-order valence-corrected chi connectivity index (χ3v) is 15.8. The van der Waals surface area contributed by atoms with Crippen LogP contribution in [0.15, 0.2) is 222 Å². The fourth-order valence-electron chi connectivity index (χ4n) is 11.1. The first-order chi connectivity index (χ1) is 33.0. The van der Waals surface area contributed by atoms with Crippen LogP contribution in [0, 0.1) is 0 Å². The fourth-order valence-corrected chi connectivity index (χ4v) is 12.3. The summed E-state index contributed by atoms with van der Waals surface area (Å²) in [7, 11) is -3.85. The van der Waals surface area contributed by atoms with E-state index in [2.05, 4.69) is 182 Å². The van der Waals surface area contributed by atoms with Crippen LogP contribution in [0.1, 0.15) is 17.7 Å². The zero-order valence-corrected chi connectivity index (χ0v) is 37.0. The van der Waals surface area contributed by atoms with Gasteiger partial charge >= 0.3 is 0 Å². The van der Waals surface area contributed by atoms with Crippen molar-refractivity contribution in [1.82, 2.24) is 18.3 Å². The summed E-state index contributed by atoms with van der Waals surface area (Å²) < 4.78 is 38.2. The summed E-state index contributed by atoms with van der Waals surface area (Å²) in [5, 5.41) is 8.29. The molecule has 0 atom stereocenters. The van der Waals surface area contributed by atoms with Crippen LogP contribution >= 0.6 is 0 Å². The van der Waals surface area contributed by atoms with Crippen molar-refractivity contribution in [2.45, 2.75) is 22.6 Å². The number of benzene rings is 9. The Balaban J connectivity index is 0.868. The average molecular weight is 881 g/mol. The van der Waals surface area contributed by atoms with E-state index < -0.39 is 9.84 Å². The third-order valence-electron chi connectivity index (χ3n) is 14.0. The van der Waals surface area contributed by atoms with E-state index in [4.69, 9.17) is 0 Å². The maximum atomic E-state index is 14.5. The van der Waals surface area contributed by atoms with Gasteiger partial charge < -0.3 is 18.3 Å². The van der Waals surface area contributed by atoms with Gasteiger partial charge in [0.05, 0.1) is 48.4 Å². The Morgan fingerprint density at radius 2 is 0.701 bits per heavy atom. The lowest BCUT2D eigenvalue weighted by Gasteiger charge is -2.14. The van der Waals surface area contributed by atoms with Crippen molar-refractivity contribution < 1.29 is 8.42 Å². The van der Waals surface area contributed by atoms with Gasteiger partial charge in [0, 0.05) is 71.7 Å². The van der Waals surface area contributed by atoms with Crippen LogP contribution in [0.5, 0.6) is 0 Å². The first-order valence-electron chi connectivity index (χ1n) is 22.8. The molecule has 13 aromatic rings. The van der Waals surface area contributed by atoms with E-state index in [1.807, 2.05) is 30.3 Å². The first kappa shape index (κ1) is 37.9. The Hall–Kier alpha value is -8.39. The second kappa shape index (κ2) is 14.3. The van der Waals surface area contributed by atoms with Gasteiger partial charge in [0.25, 0.3) is 0 Å². The molecule has 4 aromatic heterocycles. The topological polar surface area (TPSA) is 53.9 Å². The lowest BCUT2D eigenvalue weighted by atomic mass is 10.0. The molecule has 9 aromatic carbocycles. The van der Waals surface area contributed by atoms with Gasteiger partial charge in [0.2, 0.25) is 9.84 Å². The molecule has 0 saturated carbocycles. The van der Waals surface area contributed by atoms with Gasteiger partial charge in [-0.15, -0.1) is 0 Å². The summed E-state index contributed by atoms with van der Waals surface area (Å²) in [4.78, 5) is 0.509. The molecule has 1 aliphatic rings. The van der Waals surface area contributed by atoms with E-state index in [0.29, 0.717) is 0 Å². The lowest BCUT2D eigenvalue weighted by molar-refractivity contribution is 0.596. The zero-order chi connectivity index (χ0) is 44.4. The normalized spacial score (nSPS) is 13.0. The van der Waals surface area contributed by atoms with Gasteiger partial charge in [-0.3, -0.25) is 0 Å². The number of para-hydroxylation sites is 5. The summed E-state index contributed by atoms with van der Waals surface area (Å²) in [6.45, 7) is 0. The van der Waals surface area contributed by atoms with Gasteiger partial charge in [-0.05, 0) is 128 Å². The highest BCUT2D eigenvalue weighted by atomic mass is 32.2. The molecule has 0 saturated heterocycles. The largest absolute Gasteiger partial charge is 0.313 e. The van der Waals surface area contributed by atoms with Crippen LogP contribution in [0.25, 0.3) is 105 Å². The summed E-state index contributed by atoms with van der Waals surface area (Å²) in [6.07, 6.45) is 6.36. The number of hydrogen-bond donors (Lipinski definition) is 0. The molecule has 1 aliphatic carbocycles. The molecule has 4 heterocycles. The number of sulfone groups is 1. The number of aromatic nitrogens is 4. The standard InChI is InChI=1S/C60H40N4O2S/c65-67(66,43-31-27-41(28-32-43)63-55-25-13-9-21-47(55)51-35-49-45-19-7-11-23-53(45)61(57(49)37-59(51)63)39-15-3-1-4-16-39)44-33-29-42(30-34-44)64-56-26-14-10-22-48(56)52-36-50-46-20-8-12-24-54(46)62(58(50)38-60(52)64)40-17-5-2-6-18-40/h1-13,15-25,27-38H,14,26H2. The lowest BCUT2D eigenvalue weighted by Crippen LogP contribution is -2.05. The van der Waals surface area contributed by atoms with Crippen molar-refractivity contribution in [3.05, 3.63) is 224 Å². The Kier molecular flexibility index (Phi) is 8.10. The van der Waals surface area contributed by atoms with Crippen molar-refractivity contribution >= 4 is 92.2 Å². The molecule has 0 fully saturated rings. The predicted molar refractivity (Wildman–Crippen MR) is 276 cm³/mol. The SMILES string of the molecule is O=S(=O)(c1ccc(-n2c3c(c4cc5c6ccccc6n(-c6ccccc6)c5cc42)C=CCC3)cc1)c1ccc(-n2c3ccccc3c3cc4c5ccccc5n(-c5ccccc5)c4cc32)cc1. The van der Waals surface area contributed by atoms with Crippen LogP contribution in [-0.2, 0) is 16.3 Å². The molecule has 0 aliphatic heterocycles. The molecular weight excluding hydrogens is 841 g/mol. The average Bonchev–Trinajstić information content (AvgIpc) is 4.10. The number of allylic oxidation sites excluding steroid dienone is 1. The Morgan fingerprint density at radius 1 is 0.328 bits per heavy atom. The summed E-state index contributed by atoms with van der Waals surface area (Å²) in [5.74, 6) is 0. The van der Waals surface area contributed by atoms with Crippen molar-refractivity contribution in [3.63, 3.8) is 0 Å². The van der Waals surface area contributed by atoms with Gasteiger partial charge in [0.15, 0.2) is 0 Å². The van der Waals surface area contributed by atoms with E-state index in [0.717, 1.165) is 85.0 Å². The second-order valence-electron chi connectivity index (χ2n) is 17.6. The Labute approximate surface area is 386 Å². The van der Waals surface area contributed by atoms with Crippen molar-refractivity contribution in [2.24, 2.45) is 0 Å². The molecule has 67 heavy (non-hydrogen) atoms. The summed E-state index contributed by atoms with van der Waals surface area (Å²) in [5.41, 5.74) is 14.3. The minimum Gasteiger partial charge on any atom is -0.313 e. The van der Waals surface area contributed by atoms with Gasteiger partial charge in [-0.1, -0.05) is 103 Å². The number of nitrogens with zero attached hydrogens (tertiary/aromatic N) is 4. The highest BCUT2D eigenvalue weighted by Gasteiger charge is 2.24. The van der Waals surface area contributed by atoms with Crippen LogP contribution in [0.3, 0.4) is 0 Å². The van der Waals surface area contributed by atoms with E-state index in [1.165, 1.54) is 38.2 Å².